The van der Waals surface area contributed by atoms with Gasteiger partial charge in [0.25, 0.3) is 0 Å². The molecule has 1 heterocycles. The Morgan fingerprint density at radius 2 is 1.19 bits per heavy atom. The zero-order valence-corrected chi connectivity index (χ0v) is 18.3. The van der Waals surface area contributed by atoms with E-state index in [-0.39, 0.29) is 0 Å². The first-order valence-electron chi connectivity index (χ1n) is 10.0. The Hall–Kier alpha value is -3.19. The number of hydrogen-bond acceptors (Lipinski definition) is 2. The van der Waals surface area contributed by atoms with Crippen molar-refractivity contribution in [1.82, 2.24) is 4.98 Å². The van der Waals surface area contributed by atoms with Gasteiger partial charge in [0.15, 0.2) is 7.14 Å². The predicted octanol–water partition coefficient (Wildman–Crippen LogP) is 6.19. The van der Waals surface area contributed by atoms with E-state index in [1.807, 2.05) is 115 Å². The molecule has 0 amide bonds. The Kier molecular flexibility index (Phi) is 5.19. The largest absolute Gasteiger partial charge is 0.307 e. The first-order valence-corrected chi connectivity index (χ1v) is 12.1. The molecule has 150 valence electrons. The van der Waals surface area contributed by atoms with Gasteiger partial charge in [-0.3, -0.25) is 0 Å². The van der Waals surface area contributed by atoms with E-state index in [1.165, 1.54) is 0 Å². The molecule has 0 saturated carbocycles. The third kappa shape index (κ3) is 3.59. The molecule has 0 saturated heterocycles. The summed E-state index contributed by atoms with van der Waals surface area (Å²) in [6.45, 7) is 0. The van der Waals surface area contributed by atoms with Gasteiger partial charge in [0.1, 0.15) is 5.44 Å². The molecule has 0 atom stereocenters. The molecule has 0 aliphatic carbocycles. The third-order valence-corrected chi connectivity index (χ3v) is 8.64. The molecule has 0 unspecified atom stereocenters. The lowest BCUT2D eigenvalue weighted by atomic mass is 10.1. The van der Waals surface area contributed by atoms with Crippen molar-refractivity contribution in [2.24, 2.45) is 0 Å². The fourth-order valence-corrected chi connectivity index (χ4v) is 6.75. The van der Waals surface area contributed by atoms with Crippen LogP contribution in [-0.4, -0.2) is 4.98 Å². The second-order valence-corrected chi connectivity index (χ2v) is 10.5. The summed E-state index contributed by atoms with van der Waals surface area (Å²) in [5.74, 6) is 0. The van der Waals surface area contributed by atoms with Crippen molar-refractivity contribution in [2.45, 2.75) is 0 Å². The highest BCUT2D eigenvalue weighted by molar-refractivity contribution is 7.85. The van der Waals surface area contributed by atoms with E-state index in [1.54, 1.807) is 0 Å². The van der Waals surface area contributed by atoms with Crippen molar-refractivity contribution in [3.63, 3.8) is 0 Å². The maximum Gasteiger partial charge on any atom is 0.189 e. The molecule has 31 heavy (non-hydrogen) atoms. The molecule has 2 nitrogen and oxygen atoms in total. The van der Waals surface area contributed by atoms with E-state index >= 15 is 0 Å². The Bertz CT molecular complexity index is 1360. The summed E-state index contributed by atoms with van der Waals surface area (Å²) in [4.78, 5) is 5.02. The smallest absolute Gasteiger partial charge is 0.189 e. The van der Waals surface area contributed by atoms with Gasteiger partial charge in [-0.15, -0.1) is 0 Å². The number of benzene rings is 4. The molecule has 0 N–H and O–H groups in total. The zero-order valence-electron chi connectivity index (χ0n) is 16.7. The van der Waals surface area contributed by atoms with Crippen molar-refractivity contribution in [1.29, 1.82) is 0 Å². The van der Waals surface area contributed by atoms with Crippen LogP contribution in [-0.2, 0) is 4.57 Å². The minimum Gasteiger partial charge on any atom is -0.307 e. The monoisotopic (exact) mass is 439 g/mol. The van der Waals surface area contributed by atoms with Gasteiger partial charge in [0, 0.05) is 26.6 Å². The van der Waals surface area contributed by atoms with Crippen LogP contribution in [0.1, 0.15) is 0 Å². The number of halogens is 1. The van der Waals surface area contributed by atoms with Crippen LogP contribution in [0.3, 0.4) is 0 Å². The first-order chi connectivity index (χ1) is 15.2. The second-order valence-electron chi connectivity index (χ2n) is 7.34. The number of nitrogens with zero attached hydrogens (tertiary/aromatic N) is 1. The van der Waals surface area contributed by atoms with Crippen molar-refractivity contribution < 1.29 is 4.57 Å². The molecular formula is C27H19ClNOP. The molecule has 0 radical (unpaired) electrons. The second kappa shape index (κ2) is 8.15. The third-order valence-electron chi connectivity index (χ3n) is 5.40. The Balaban J connectivity index is 1.86. The fraction of sp³-hybridized carbons (Fsp3) is 0. The summed E-state index contributed by atoms with van der Waals surface area (Å²) >= 11 is 6.09. The Morgan fingerprint density at radius 1 is 0.645 bits per heavy atom. The van der Waals surface area contributed by atoms with Crippen LogP contribution in [0.2, 0.25) is 5.02 Å². The van der Waals surface area contributed by atoms with E-state index in [4.69, 9.17) is 16.6 Å². The first kappa shape index (κ1) is 19.8. The van der Waals surface area contributed by atoms with E-state index in [0.717, 1.165) is 32.6 Å². The van der Waals surface area contributed by atoms with E-state index < -0.39 is 7.14 Å². The standard InChI is InChI=1S/C27H19ClNOP/c28-22-17-15-20(16-18-22)26-19-21-9-7-8-14-25(21)27(29-26)31(30,23-10-3-1-4-11-23)24-12-5-2-6-13-24/h1-19H. The van der Waals surface area contributed by atoms with Gasteiger partial charge in [0.2, 0.25) is 0 Å². The van der Waals surface area contributed by atoms with E-state index in [2.05, 4.69) is 0 Å². The average Bonchev–Trinajstić information content (AvgIpc) is 2.84. The van der Waals surface area contributed by atoms with Crippen molar-refractivity contribution in [2.75, 3.05) is 0 Å². The molecule has 0 fully saturated rings. The lowest BCUT2D eigenvalue weighted by Gasteiger charge is -2.21. The lowest BCUT2D eigenvalue weighted by Crippen LogP contribution is -2.28. The van der Waals surface area contributed by atoms with Gasteiger partial charge < -0.3 is 4.57 Å². The maximum absolute atomic E-state index is 15.0. The Labute approximate surface area is 186 Å². The van der Waals surface area contributed by atoms with E-state index in [9.17, 15) is 4.57 Å². The molecule has 1 aromatic heterocycles. The van der Waals surface area contributed by atoms with Gasteiger partial charge in [-0.05, 0) is 23.6 Å². The van der Waals surface area contributed by atoms with Crippen LogP contribution in [0.15, 0.2) is 115 Å². The van der Waals surface area contributed by atoms with Crippen LogP contribution in [0.25, 0.3) is 22.0 Å². The minimum atomic E-state index is -3.22. The highest BCUT2D eigenvalue weighted by atomic mass is 35.5. The van der Waals surface area contributed by atoms with Crippen LogP contribution < -0.4 is 16.0 Å². The SMILES string of the molecule is O=P(c1ccccc1)(c1ccccc1)c1nc(-c2ccc(Cl)cc2)cc2ccccc12. The van der Waals surface area contributed by atoms with Crippen molar-refractivity contribution >= 4 is 45.6 Å². The van der Waals surface area contributed by atoms with Gasteiger partial charge in [-0.25, -0.2) is 4.98 Å². The molecule has 5 rings (SSSR count). The molecule has 5 aromatic rings. The van der Waals surface area contributed by atoms with Crippen LogP contribution in [0.4, 0.5) is 0 Å². The molecule has 0 spiro atoms. The highest BCUT2D eigenvalue weighted by Crippen LogP contribution is 2.44. The summed E-state index contributed by atoms with van der Waals surface area (Å²) in [6, 6.07) is 36.9. The van der Waals surface area contributed by atoms with Crippen molar-refractivity contribution in [3.05, 3.63) is 120 Å². The van der Waals surface area contributed by atoms with Gasteiger partial charge in [-0.2, -0.15) is 0 Å². The molecule has 0 aliphatic rings. The molecule has 4 heteroatoms. The summed E-state index contributed by atoms with van der Waals surface area (Å²) in [5.41, 5.74) is 2.31. The quantitative estimate of drug-likeness (QED) is 0.312. The normalized spacial score (nSPS) is 11.5. The summed E-state index contributed by atoms with van der Waals surface area (Å²) in [5, 5.41) is 4.11. The highest BCUT2D eigenvalue weighted by Gasteiger charge is 2.33. The average molecular weight is 440 g/mol. The molecule has 4 aromatic carbocycles. The van der Waals surface area contributed by atoms with Crippen LogP contribution >= 0.6 is 18.7 Å². The van der Waals surface area contributed by atoms with Crippen LogP contribution in [0, 0.1) is 0 Å². The molecule has 0 aliphatic heterocycles. The van der Waals surface area contributed by atoms with Crippen LogP contribution in [0.5, 0.6) is 0 Å². The number of rotatable bonds is 4. The number of hydrogen-bond donors (Lipinski definition) is 0. The topological polar surface area (TPSA) is 30.0 Å². The van der Waals surface area contributed by atoms with Gasteiger partial charge in [-0.1, -0.05) is 109 Å². The fourth-order valence-electron chi connectivity index (χ4n) is 3.86. The Morgan fingerprint density at radius 3 is 1.81 bits per heavy atom. The number of fused-ring (bicyclic) bond motifs is 1. The predicted molar refractivity (Wildman–Crippen MR) is 132 cm³/mol. The zero-order chi connectivity index (χ0) is 21.3. The maximum atomic E-state index is 15.0. The van der Waals surface area contributed by atoms with Gasteiger partial charge >= 0.3 is 0 Å². The van der Waals surface area contributed by atoms with E-state index in [0.29, 0.717) is 10.5 Å². The minimum absolute atomic E-state index is 0.605. The van der Waals surface area contributed by atoms with Gasteiger partial charge in [0.05, 0.1) is 5.69 Å². The summed E-state index contributed by atoms with van der Waals surface area (Å²) in [7, 11) is -3.22. The number of aromatic nitrogens is 1. The lowest BCUT2D eigenvalue weighted by molar-refractivity contribution is 0.592. The summed E-state index contributed by atoms with van der Waals surface area (Å²) < 4.78 is 15.0. The molecular weight excluding hydrogens is 421 g/mol. The number of pyridine rings is 1. The molecule has 0 bridgehead atoms. The van der Waals surface area contributed by atoms with Crippen molar-refractivity contribution in [3.8, 4) is 11.3 Å². The summed E-state index contributed by atoms with van der Waals surface area (Å²) in [6.07, 6.45) is 0.